The van der Waals surface area contributed by atoms with Crippen molar-refractivity contribution in [1.82, 2.24) is 4.90 Å². The van der Waals surface area contributed by atoms with E-state index >= 15 is 0 Å². The largest absolute Gasteiger partial charge is 0.490 e. The number of nitro benzene ring substituents is 1. The third-order valence-corrected chi connectivity index (χ3v) is 4.36. The zero-order chi connectivity index (χ0) is 18.4. The van der Waals surface area contributed by atoms with Gasteiger partial charge >= 0.3 is 11.7 Å². The molecule has 1 saturated heterocycles. The van der Waals surface area contributed by atoms with E-state index in [-0.39, 0.29) is 35.6 Å². The first-order valence-electron chi connectivity index (χ1n) is 8.27. The van der Waals surface area contributed by atoms with Gasteiger partial charge in [0.25, 0.3) is 5.91 Å². The van der Waals surface area contributed by atoms with Crippen LogP contribution in [0.2, 0.25) is 0 Å². The van der Waals surface area contributed by atoms with Gasteiger partial charge in [0.15, 0.2) is 12.4 Å². The second-order valence-corrected chi connectivity index (χ2v) is 5.86. The number of carbonyl (C=O) groups is 2. The number of methoxy groups -OCH3 is 1. The minimum absolute atomic E-state index is 0.00554. The third-order valence-electron chi connectivity index (χ3n) is 4.36. The number of carbonyl (C=O) groups excluding carboxylic acids is 2. The number of hydrogen-bond donors (Lipinski definition) is 0. The fourth-order valence-electron chi connectivity index (χ4n) is 3.01. The molecule has 0 spiro atoms. The van der Waals surface area contributed by atoms with Crippen molar-refractivity contribution in [2.75, 3.05) is 20.3 Å². The number of esters is 1. The molecule has 8 heteroatoms. The Morgan fingerprint density at radius 3 is 2.76 bits per heavy atom. The van der Waals surface area contributed by atoms with Crippen LogP contribution >= 0.6 is 0 Å². The standard InChI is InChI=1S/C17H22N2O6/c1-3-13-6-4-5-9-18(13)16(20)11-25-17(21)12-7-8-15(24-2)14(10-12)19(22)23/h7-8,10,13H,3-6,9,11H2,1-2H3/t13-/m1/s1. The first-order chi connectivity index (χ1) is 12.0. The summed E-state index contributed by atoms with van der Waals surface area (Å²) in [6.45, 7) is 2.33. The molecule has 0 aromatic heterocycles. The molecule has 1 aliphatic heterocycles. The number of amides is 1. The second kappa shape index (κ2) is 8.46. The van der Waals surface area contributed by atoms with Gasteiger partial charge in [0, 0.05) is 18.7 Å². The predicted octanol–water partition coefficient (Wildman–Crippen LogP) is 2.55. The molecule has 8 nitrogen and oxygen atoms in total. The first kappa shape index (κ1) is 18.7. The van der Waals surface area contributed by atoms with Crippen LogP contribution in [0.25, 0.3) is 0 Å². The van der Waals surface area contributed by atoms with Crippen molar-refractivity contribution in [3.63, 3.8) is 0 Å². The van der Waals surface area contributed by atoms with Crippen LogP contribution in [-0.2, 0) is 9.53 Å². The highest BCUT2D eigenvalue weighted by Crippen LogP contribution is 2.27. The van der Waals surface area contributed by atoms with E-state index in [0.29, 0.717) is 6.54 Å². The summed E-state index contributed by atoms with van der Waals surface area (Å²) in [6, 6.07) is 3.96. The van der Waals surface area contributed by atoms with Crippen molar-refractivity contribution >= 4 is 17.6 Å². The van der Waals surface area contributed by atoms with E-state index < -0.39 is 10.9 Å². The monoisotopic (exact) mass is 350 g/mol. The molecule has 2 rings (SSSR count). The van der Waals surface area contributed by atoms with Gasteiger partial charge in [-0.15, -0.1) is 0 Å². The van der Waals surface area contributed by atoms with Gasteiger partial charge in [-0.1, -0.05) is 6.92 Å². The minimum atomic E-state index is -0.774. The molecule has 1 amide bonds. The first-order valence-corrected chi connectivity index (χ1v) is 8.27. The maximum atomic E-state index is 12.3. The Kier molecular flexibility index (Phi) is 6.32. The fourth-order valence-corrected chi connectivity index (χ4v) is 3.01. The van der Waals surface area contributed by atoms with Gasteiger partial charge in [0.1, 0.15) is 0 Å². The van der Waals surface area contributed by atoms with E-state index in [1.54, 1.807) is 4.90 Å². The molecule has 1 aromatic carbocycles. The van der Waals surface area contributed by atoms with Crippen LogP contribution in [0.15, 0.2) is 18.2 Å². The van der Waals surface area contributed by atoms with Crippen LogP contribution in [0.3, 0.4) is 0 Å². The molecule has 1 atom stereocenters. The number of nitrogens with zero attached hydrogens (tertiary/aromatic N) is 2. The van der Waals surface area contributed by atoms with Crippen molar-refractivity contribution in [2.45, 2.75) is 38.6 Å². The van der Waals surface area contributed by atoms with Crippen molar-refractivity contribution in [3.05, 3.63) is 33.9 Å². The molecular formula is C17H22N2O6. The Balaban J connectivity index is 2.01. The van der Waals surface area contributed by atoms with Crippen LogP contribution in [0, 0.1) is 10.1 Å². The maximum absolute atomic E-state index is 12.3. The van der Waals surface area contributed by atoms with Gasteiger partial charge in [-0.3, -0.25) is 14.9 Å². The Morgan fingerprint density at radius 2 is 2.12 bits per heavy atom. The molecule has 1 aliphatic rings. The highest BCUT2D eigenvalue weighted by atomic mass is 16.6. The van der Waals surface area contributed by atoms with Gasteiger partial charge < -0.3 is 14.4 Å². The average molecular weight is 350 g/mol. The van der Waals surface area contributed by atoms with Crippen molar-refractivity contribution < 1.29 is 24.0 Å². The molecule has 25 heavy (non-hydrogen) atoms. The lowest BCUT2D eigenvalue weighted by Crippen LogP contribution is -2.45. The van der Waals surface area contributed by atoms with E-state index in [0.717, 1.165) is 31.7 Å². The predicted molar refractivity (Wildman–Crippen MR) is 89.6 cm³/mol. The van der Waals surface area contributed by atoms with Crippen molar-refractivity contribution in [3.8, 4) is 5.75 Å². The highest BCUT2D eigenvalue weighted by molar-refractivity contribution is 5.92. The van der Waals surface area contributed by atoms with Crippen LogP contribution in [0.5, 0.6) is 5.75 Å². The lowest BCUT2D eigenvalue weighted by atomic mass is 10.00. The number of piperidine rings is 1. The molecule has 1 fully saturated rings. The summed E-state index contributed by atoms with van der Waals surface area (Å²) in [5.74, 6) is -0.955. The molecule has 1 heterocycles. The number of ether oxygens (including phenoxy) is 2. The smallest absolute Gasteiger partial charge is 0.338 e. The molecule has 0 radical (unpaired) electrons. The SMILES string of the molecule is CC[C@@H]1CCCCN1C(=O)COC(=O)c1ccc(OC)c([N+](=O)[O-])c1. The Labute approximate surface area is 145 Å². The van der Waals surface area contributed by atoms with Crippen molar-refractivity contribution in [2.24, 2.45) is 0 Å². The maximum Gasteiger partial charge on any atom is 0.338 e. The highest BCUT2D eigenvalue weighted by Gasteiger charge is 2.26. The lowest BCUT2D eigenvalue weighted by molar-refractivity contribution is -0.385. The van der Waals surface area contributed by atoms with Gasteiger partial charge in [0.05, 0.1) is 17.6 Å². The van der Waals surface area contributed by atoms with Crippen LogP contribution in [0.1, 0.15) is 43.0 Å². The fraction of sp³-hybridized carbons (Fsp3) is 0.529. The second-order valence-electron chi connectivity index (χ2n) is 5.86. The lowest BCUT2D eigenvalue weighted by Gasteiger charge is -2.35. The Hall–Kier alpha value is -2.64. The molecule has 0 bridgehead atoms. The van der Waals surface area contributed by atoms with Gasteiger partial charge in [-0.05, 0) is 37.8 Å². The topological polar surface area (TPSA) is 99.0 Å². The normalized spacial score (nSPS) is 17.0. The average Bonchev–Trinajstić information content (AvgIpc) is 2.65. The molecule has 0 unspecified atom stereocenters. The van der Waals surface area contributed by atoms with E-state index in [2.05, 4.69) is 0 Å². The summed E-state index contributed by atoms with van der Waals surface area (Å²) in [5, 5.41) is 11.0. The number of hydrogen-bond acceptors (Lipinski definition) is 6. The van der Waals surface area contributed by atoms with Crippen LogP contribution < -0.4 is 4.74 Å². The van der Waals surface area contributed by atoms with Gasteiger partial charge in [-0.2, -0.15) is 0 Å². The summed E-state index contributed by atoms with van der Waals surface area (Å²) in [4.78, 5) is 36.5. The summed E-state index contributed by atoms with van der Waals surface area (Å²) in [5.41, 5.74) is -0.323. The van der Waals surface area contributed by atoms with E-state index in [4.69, 9.17) is 9.47 Å². The quantitative estimate of drug-likeness (QED) is 0.444. The molecule has 0 saturated carbocycles. The molecule has 1 aromatic rings. The van der Waals surface area contributed by atoms with Gasteiger partial charge in [-0.25, -0.2) is 4.79 Å². The molecule has 0 aliphatic carbocycles. The number of rotatable bonds is 6. The minimum Gasteiger partial charge on any atom is -0.490 e. The van der Waals surface area contributed by atoms with E-state index in [1.807, 2.05) is 6.92 Å². The molecule has 0 N–H and O–H groups in total. The van der Waals surface area contributed by atoms with E-state index in [9.17, 15) is 19.7 Å². The summed E-state index contributed by atoms with van der Waals surface area (Å²) in [7, 11) is 1.31. The molecule has 136 valence electrons. The van der Waals surface area contributed by atoms with E-state index in [1.165, 1.54) is 19.2 Å². The number of likely N-dealkylation sites (tertiary alicyclic amines) is 1. The Bertz CT molecular complexity index is 661. The number of benzene rings is 1. The summed E-state index contributed by atoms with van der Waals surface area (Å²) in [6.07, 6.45) is 3.86. The summed E-state index contributed by atoms with van der Waals surface area (Å²) < 4.78 is 9.94. The number of nitro groups is 1. The van der Waals surface area contributed by atoms with Crippen LogP contribution in [0.4, 0.5) is 5.69 Å². The zero-order valence-electron chi connectivity index (χ0n) is 14.4. The Morgan fingerprint density at radius 1 is 1.36 bits per heavy atom. The third kappa shape index (κ3) is 4.46. The van der Waals surface area contributed by atoms with Crippen LogP contribution in [-0.4, -0.2) is 48.0 Å². The van der Waals surface area contributed by atoms with Crippen molar-refractivity contribution in [1.29, 1.82) is 0 Å². The van der Waals surface area contributed by atoms with Gasteiger partial charge in [0.2, 0.25) is 0 Å². The molecular weight excluding hydrogens is 328 g/mol. The zero-order valence-corrected chi connectivity index (χ0v) is 14.4. The summed E-state index contributed by atoms with van der Waals surface area (Å²) >= 11 is 0.